The fourth-order valence-corrected chi connectivity index (χ4v) is 1.22. The summed E-state index contributed by atoms with van der Waals surface area (Å²) in [5, 5.41) is 0. The first kappa shape index (κ1) is 16.3. The maximum absolute atomic E-state index is 11.7. The van der Waals surface area contributed by atoms with Gasteiger partial charge in [0.05, 0.1) is 0 Å². The number of primary amides is 2. The molecule has 102 valence electrons. The van der Waals surface area contributed by atoms with Crippen molar-refractivity contribution in [1.82, 2.24) is 4.90 Å². The highest BCUT2D eigenvalue weighted by Crippen LogP contribution is 2.05. The molecule has 0 heterocycles. The average molecular weight is 265 g/mol. The highest BCUT2D eigenvalue weighted by Gasteiger charge is 2.23. The molecule has 7 heteroatoms. The van der Waals surface area contributed by atoms with Crippen LogP contribution in [0.3, 0.4) is 0 Å². The monoisotopic (exact) mass is 265 g/mol. The Morgan fingerprint density at radius 2 is 1.26 bits per heavy atom. The topological polar surface area (TPSA) is 124 Å². The summed E-state index contributed by atoms with van der Waals surface area (Å²) >= 11 is 0. The Hall–Kier alpha value is -2.70. The molecule has 0 aromatic heterocycles. The molecule has 1 aromatic carbocycles. The molecule has 7 nitrogen and oxygen atoms in total. The summed E-state index contributed by atoms with van der Waals surface area (Å²) in [6, 6.07) is 7.38. The molecule has 0 saturated heterocycles. The number of urea groups is 1. The first-order chi connectivity index (χ1) is 8.77. The van der Waals surface area contributed by atoms with Crippen LogP contribution in [-0.2, 0) is 9.59 Å². The predicted octanol–water partition coefficient (Wildman–Crippen LogP) is 0.246. The van der Waals surface area contributed by atoms with Gasteiger partial charge >= 0.3 is 6.03 Å². The number of hydrogen-bond donors (Lipinski definition) is 2. The molecule has 0 aliphatic heterocycles. The summed E-state index contributed by atoms with van der Waals surface area (Å²) in [4.78, 5) is 43.5. The molecule has 1 rings (SSSR count). The minimum Gasteiger partial charge on any atom is -0.352 e. The van der Waals surface area contributed by atoms with Gasteiger partial charge in [0.2, 0.25) is 11.8 Å². The zero-order chi connectivity index (χ0) is 15.0. The molecule has 0 radical (unpaired) electrons. The molecule has 0 atom stereocenters. The summed E-state index contributed by atoms with van der Waals surface area (Å²) in [6.07, 6.45) is 0. The van der Waals surface area contributed by atoms with Crippen molar-refractivity contribution in [3.63, 3.8) is 0 Å². The van der Waals surface area contributed by atoms with Crippen LogP contribution < -0.4 is 11.5 Å². The van der Waals surface area contributed by atoms with Gasteiger partial charge in [-0.1, -0.05) is 18.2 Å². The van der Waals surface area contributed by atoms with Crippen LogP contribution in [0.15, 0.2) is 30.3 Å². The van der Waals surface area contributed by atoms with Gasteiger partial charge in [0, 0.05) is 19.4 Å². The number of amides is 5. The second-order valence-electron chi connectivity index (χ2n) is 3.45. The van der Waals surface area contributed by atoms with Crippen LogP contribution in [0.4, 0.5) is 4.79 Å². The Morgan fingerprint density at radius 3 is 1.58 bits per heavy atom. The number of imide groups is 3. The van der Waals surface area contributed by atoms with Crippen molar-refractivity contribution < 1.29 is 19.2 Å². The zero-order valence-electron chi connectivity index (χ0n) is 10.6. The van der Waals surface area contributed by atoms with Gasteiger partial charge in [-0.05, 0) is 12.1 Å². The Kier molecular flexibility index (Phi) is 6.51. The molecule has 0 aliphatic carbocycles. The first-order valence-corrected chi connectivity index (χ1v) is 5.23. The highest BCUT2D eigenvalue weighted by atomic mass is 16.2. The highest BCUT2D eigenvalue weighted by molar-refractivity contribution is 6.15. The molecule has 4 N–H and O–H groups in total. The number of benzene rings is 1. The van der Waals surface area contributed by atoms with Gasteiger partial charge in [0.25, 0.3) is 5.91 Å². The van der Waals surface area contributed by atoms with Crippen molar-refractivity contribution in [1.29, 1.82) is 0 Å². The molecule has 1 aromatic rings. The van der Waals surface area contributed by atoms with E-state index >= 15 is 0 Å². The van der Waals surface area contributed by atoms with E-state index < -0.39 is 23.8 Å². The van der Waals surface area contributed by atoms with E-state index in [1.807, 2.05) is 0 Å². The van der Waals surface area contributed by atoms with Crippen molar-refractivity contribution in [3.05, 3.63) is 35.9 Å². The van der Waals surface area contributed by atoms with Crippen molar-refractivity contribution in [2.24, 2.45) is 11.5 Å². The van der Waals surface area contributed by atoms with E-state index in [-0.39, 0.29) is 0 Å². The summed E-state index contributed by atoms with van der Waals surface area (Å²) in [5.74, 6) is -1.73. The van der Waals surface area contributed by atoms with E-state index in [2.05, 4.69) is 11.5 Å². The third kappa shape index (κ3) is 5.97. The Labute approximate surface area is 110 Å². The molecule has 5 amide bonds. The number of nitrogens with two attached hydrogens (primary N) is 2. The predicted molar refractivity (Wildman–Crippen MR) is 67.7 cm³/mol. The van der Waals surface area contributed by atoms with Crippen LogP contribution >= 0.6 is 0 Å². The maximum atomic E-state index is 11.7. The zero-order valence-corrected chi connectivity index (χ0v) is 10.6. The lowest BCUT2D eigenvalue weighted by Gasteiger charge is -2.14. The van der Waals surface area contributed by atoms with Gasteiger partial charge < -0.3 is 11.5 Å². The molecule has 0 aliphatic rings. The Bertz CT molecular complexity index is 467. The van der Waals surface area contributed by atoms with Gasteiger partial charge in [0.15, 0.2) is 0 Å². The summed E-state index contributed by atoms with van der Waals surface area (Å²) < 4.78 is 0. The third-order valence-electron chi connectivity index (χ3n) is 1.85. The Balaban J connectivity index is 0.000000711. The largest absolute Gasteiger partial charge is 0.352 e. The van der Waals surface area contributed by atoms with E-state index in [0.717, 1.165) is 0 Å². The maximum Gasteiger partial charge on any atom is 0.309 e. The summed E-state index contributed by atoms with van der Waals surface area (Å²) in [6.45, 7) is 2.37. The van der Waals surface area contributed by atoms with Crippen molar-refractivity contribution in [2.75, 3.05) is 0 Å². The van der Waals surface area contributed by atoms with Gasteiger partial charge in [-0.2, -0.15) is 0 Å². The molecule has 0 unspecified atom stereocenters. The van der Waals surface area contributed by atoms with Crippen LogP contribution in [0, 0.1) is 0 Å². The first-order valence-electron chi connectivity index (χ1n) is 5.23. The summed E-state index contributed by atoms with van der Waals surface area (Å²) in [5.41, 5.74) is 8.82. The number of carbonyl (C=O) groups excluding carboxylic acids is 4. The number of rotatable bonds is 1. The smallest absolute Gasteiger partial charge is 0.309 e. The second-order valence-corrected chi connectivity index (χ2v) is 3.45. The molecule has 0 saturated carbocycles. The van der Waals surface area contributed by atoms with Gasteiger partial charge in [-0.25, -0.2) is 9.69 Å². The summed E-state index contributed by atoms with van der Waals surface area (Å²) in [7, 11) is 0. The van der Waals surface area contributed by atoms with Gasteiger partial charge in [0.1, 0.15) is 0 Å². The van der Waals surface area contributed by atoms with Crippen LogP contribution in [0.1, 0.15) is 24.2 Å². The minimum absolute atomic E-state index is 0.322. The lowest BCUT2D eigenvalue weighted by Crippen LogP contribution is -2.38. The number of hydrogen-bond acceptors (Lipinski definition) is 4. The number of carbonyl (C=O) groups is 4. The molecule has 0 spiro atoms. The lowest BCUT2D eigenvalue weighted by atomic mass is 10.2. The van der Waals surface area contributed by atoms with E-state index in [1.165, 1.54) is 13.8 Å². The molecular formula is C12H15N3O4. The van der Waals surface area contributed by atoms with Crippen LogP contribution in [0.2, 0.25) is 0 Å². The van der Waals surface area contributed by atoms with E-state index in [4.69, 9.17) is 4.79 Å². The molecule has 19 heavy (non-hydrogen) atoms. The van der Waals surface area contributed by atoms with E-state index in [0.29, 0.717) is 10.5 Å². The van der Waals surface area contributed by atoms with Crippen molar-refractivity contribution in [2.45, 2.75) is 13.8 Å². The minimum atomic E-state index is -0.833. The van der Waals surface area contributed by atoms with Crippen LogP contribution in [0.5, 0.6) is 0 Å². The standard InChI is InChI=1S/C11H11NO3.CH4N2O/c1-8(13)12(9(2)14)11(15)10-6-4-3-5-7-10;2-1(3)4/h3-7H,1-2H3;(H4,2,3,4). The average Bonchev–Trinajstić information content (AvgIpc) is 2.28. The molecular weight excluding hydrogens is 250 g/mol. The second kappa shape index (κ2) is 7.59. The third-order valence-corrected chi connectivity index (χ3v) is 1.85. The fraction of sp³-hybridized carbons (Fsp3) is 0.167. The van der Waals surface area contributed by atoms with E-state index in [1.54, 1.807) is 30.3 Å². The fourth-order valence-electron chi connectivity index (χ4n) is 1.22. The van der Waals surface area contributed by atoms with Crippen LogP contribution in [-0.4, -0.2) is 28.7 Å². The number of nitrogens with zero attached hydrogens (tertiary/aromatic N) is 1. The molecule has 0 fully saturated rings. The quantitative estimate of drug-likeness (QED) is 0.754. The van der Waals surface area contributed by atoms with Crippen molar-refractivity contribution in [3.8, 4) is 0 Å². The van der Waals surface area contributed by atoms with Gasteiger partial charge in [-0.15, -0.1) is 0 Å². The van der Waals surface area contributed by atoms with Crippen molar-refractivity contribution >= 4 is 23.8 Å². The SMILES string of the molecule is CC(=O)N(C(C)=O)C(=O)c1ccccc1.NC(N)=O. The lowest BCUT2D eigenvalue weighted by molar-refractivity contribution is -0.138. The van der Waals surface area contributed by atoms with Crippen LogP contribution in [0.25, 0.3) is 0 Å². The molecule has 0 bridgehead atoms. The normalized spacial score (nSPS) is 8.74. The van der Waals surface area contributed by atoms with Gasteiger partial charge in [-0.3, -0.25) is 14.4 Å². The van der Waals surface area contributed by atoms with E-state index in [9.17, 15) is 14.4 Å². The Morgan fingerprint density at radius 1 is 0.895 bits per heavy atom.